The van der Waals surface area contributed by atoms with Crippen LogP contribution in [0, 0.1) is 16.7 Å². The SMILES string of the molecule is COC1(C)CN(C2(C)CN(c3ncc(C(=N)c4cc(O[C@H](C)c5c(Cl)cncc5Cl)ccc4N)cc3C#N)C2)C1. The minimum Gasteiger partial charge on any atom is -0.486 e. The predicted octanol–water partition coefficient (Wildman–Crippen LogP) is 5.09. The van der Waals surface area contributed by atoms with Crippen molar-refractivity contribution in [2.24, 2.45) is 0 Å². The van der Waals surface area contributed by atoms with Gasteiger partial charge in [-0.3, -0.25) is 15.3 Å². The van der Waals surface area contributed by atoms with Crippen molar-refractivity contribution in [2.75, 3.05) is 43.9 Å². The minimum absolute atomic E-state index is 0.00850. The van der Waals surface area contributed by atoms with Crippen LogP contribution < -0.4 is 15.4 Å². The first-order chi connectivity index (χ1) is 19.0. The quantitative estimate of drug-likeness (QED) is 0.279. The number of nitrogens with zero attached hydrogens (tertiary/aromatic N) is 5. The summed E-state index contributed by atoms with van der Waals surface area (Å²) in [6.07, 6.45) is 4.17. The van der Waals surface area contributed by atoms with Crippen molar-refractivity contribution in [2.45, 2.75) is 38.0 Å². The van der Waals surface area contributed by atoms with Crippen molar-refractivity contribution in [3.8, 4) is 11.8 Å². The molecule has 2 saturated heterocycles. The first kappa shape index (κ1) is 28.1. The highest BCUT2D eigenvalue weighted by Crippen LogP contribution is 2.39. The number of anilines is 2. The van der Waals surface area contributed by atoms with Crippen molar-refractivity contribution >= 4 is 40.4 Å². The first-order valence-electron chi connectivity index (χ1n) is 12.9. The number of nitriles is 1. The Balaban J connectivity index is 1.32. The summed E-state index contributed by atoms with van der Waals surface area (Å²) in [5.74, 6) is 1.11. The fourth-order valence-electron chi connectivity index (χ4n) is 5.38. The second kappa shape index (κ2) is 10.5. The van der Waals surface area contributed by atoms with E-state index in [1.165, 1.54) is 12.4 Å². The maximum absolute atomic E-state index is 9.93. The molecular weight excluding hydrogens is 549 g/mol. The maximum Gasteiger partial charge on any atom is 0.146 e. The molecular formula is C29H31Cl2N7O2. The number of nitrogen functional groups attached to an aromatic ring is 1. The van der Waals surface area contributed by atoms with Crippen LogP contribution in [0.2, 0.25) is 10.0 Å². The van der Waals surface area contributed by atoms with Crippen molar-refractivity contribution in [1.82, 2.24) is 14.9 Å². The normalized spacial score (nSPS) is 18.3. The molecule has 5 rings (SSSR count). The molecule has 0 radical (unpaired) electrons. The average molecular weight is 581 g/mol. The largest absolute Gasteiger partial charge is 0.486 e. The highest BCUT2D eigenvalue weighted by molar-refractivity contribution is 6.35. The molecule has 0 saturated carbocycles. The molecule has 0 unspecified atom stereocenters. The molecule has 2 aromatic heterocycles. The summed E-state index contributed by atoms with van der Waals surface area (Å²) >= 11 is 12.6. The number of halogens is 2. The number of pyridine rings is 2. The Morgan fingerprint density at radius 2 is 1.80 bits per heavy atom. The van der Waals surface area contributed by atoms with Gasteiger partial charge in [-0.15, -0.1) is 0 Å². The van der Waals surface area contributed by atoms with Crippen LogP contribution >= 0.6 is 23.2 Å². The van der Waals surface area contributed by atoms with E-state index in [0.29, 0.717) is 49.6 Å². The lowest BCUT2D eigenvalue weighted by Gasteiger charge is -2.62. The molecule has 2 aliphatic rings. The molecule has 0 spiro atoms. The van der Waals surface area contributed by atoms with Crippen molar-refractivity contribution in [3.05, 3.63) is 75.2 Å². The summed E-state index contributed by atoms with van der Waals surface area (Å²) < 4.78 is 11.7. The Morgan fingerprint density at radius 1 is 1.12 bits per heavy atom. The van der Waals surface area contributed by atoms with Gasteiger partial charge in [0.25, 0.3) is 0 Å². The Morgan fingerprint density at radius 3 is 2.42 bits per heavy atom. The van der Waals surface area contributed by atoms with Gasteiger partial charge in [-0.25, -0.2) is 4.98 Å². The highest BCUT2D eigenvalue weighted by Gasteiger charge is 2.53. The Labute approximate surface area is 243 Å². The fourth-order valence-corrected chi connectivity index (χ4v) is 6.05. The van der Waals surface area contributed by atoms with Gasteiger partial charge in [-0.05, 0) is 45.0 Å². The average Bonchev–Trinajstić information content (AvgIpc) is 2.89. The molecule has 208 valence electrons. The number of rotatable bonds is 8. The minimum atomic E-state index is -0.471. The van der Waals surface area contributed by atoms with Gasteiger partial charge in [-0.2, -0.15) is 5.26 Å². The lowest BCUT2D eigenvalue weighted by molar-refractivity contribution is -0.152. The molecule has 11 heteroatoms. The lowest BCUT2D eigenvalue weighted by Crippen LogP contribution is -2.77. The molecule has 4 heterocycles. The number of hydrogen-bond donors (Lipinski definition) is 2. The highest BCUT2D eigenvalue weighted by atomic mass is 35.5. The fraction of sp³-hybridized carbons (Fsp3) is 0.379. The first-order valence-corrected chi connectivity index (χ1v) is 13.6. The third-order valence-electron chi connectivity index (χ3n) is 7.85. The van der Waals surface area contributed by atoms with Crippen LogP contribution in [0.15, 0.2) is 42.9 Å². The number of ether oxygens (including phenoxy) is 2. The molecule has 1 aromatic carbocycles. The van der Waals surface area contributed by atoms with E-state index in [-0.39, 0.29) is 16.9 Å². The molecule has 0 bridgehead atoms. The van der Waals surface area contributed by atoms with Gasteiger partial charge >= 0.3 is 0 Å². The monoisotopic (exact) mass is 579 g/mol. The number of nitrogens with two attached hydrogens (primary N) is 1. The van der Waals surface area contributed by atoms with Gasteiger partial charge in [0.1, 0.15) is 23.7 Å². The summed E-state index contributed by atoms with van der Waals surface area (Å²) in [6, 6.07) is 9.05. The molecule has 2 fully saturated rings. The van der Waals surface area contributed by atoms with E-state index in [0.717, 1.165) is 26.2 Å². The van der Waals surface area contributed by atoms with E-state index in [4.69, 9.17) is 43.8 Å². The Bertz CT molecular complexity index is 1490. The van der Waals surface area contributed by atoms with E-state index >= 15 is 0 Å². The second-order valence-electron chi connectivity index (χ2n) is 11.0. The smallest absolute Gasteiger partial charge is 0.146 e. The van der Waals surface area contributed by atoms with Gasteiger partial charge < -0.3 is 20.1 Å². The number of hydrogen-bond acceptors (Lipinski definition) is 9. The van der Waals surface area contributed by atoms with Crippen LogP contribution in [0.1, 0.15) is 49.1 Å². The number of nitrogens with one attached hydrogen (secondary N) is 1. The van der Waals surface area contributed by atoms with Crippen LogP contribution in [0.25, 0.3) is 0 Å². The molecule has 9 nitrogen and oxygen atoms in total. The van der Waals surface area contributed by atoms with Gasteiger partial charge in [0, 0.05) is 74.3 Å². The summed E-state index contributed by atoms with van der Waals surface area (Å²) in [5, 5.41) is 19.6. The Hall–Kier alpha value is -3.42. The summed E-state index contributed by atoms with van der Waals surface area (Å²) in [5.41, 5.74) is 8.69. The number of aromatic nitrogens is 2. The van der Waals surface area contributed by atoms with Gasteiger partial charge in [-0.1, -0.05) is 23.2 Å². The van der Waals surface area contributed by atoms with Crippen LogP contribution in [0.5, 0.6) is 5.75 Å². The van der Waals surface area contributed by atoms with Crippen LogP contribution in [-0.4, -0.2) is 65.0 Å². The lowest BCUT2D eigenvalue weighted by atomic mass is 9.82. The van der Waals surface area contributed by atoms with E-state index in [1.807, 2.05) is 6.92 Å². The van der Waals surface area contributed by atoms with E-state index < -0.39 is 6.10 Å². The third-order valence-corrected chi connectivity index (χ3v) is 8.45. The molecule has 3 N–H and O–H groups in total. The summed E-state index contributed by atoms with van der Waals surface area (Å²) in [4.78, 5) is 13.1. The molecule has 0 aliphatic carbocycles. The van der Waals surface area contributed by atoms with Gasteiger partial charge in [0.15, 0.2) is 0 Å². The van der Waals surface area contributed by atoms with Gasteiger partial charge in [0.2, 0.25) is 0 Å². The van der Waals surface area contributed by atoms with E-state index in [1.54, 1.807) is 37.6 Å². The van der Waals surface area contributed by atoms with E-state index in [9.17, 15) is 5.26 Å². The molecule has 3 aromatic rings. The van der Waals surface area contributed by atoms with Crippen molar-refractivity contribution < 1.29 is 9.47 Å². The zero-order valence-electron chi connectivity index (χ0n) is 22.8. The zero-order valence-corrected chi connectivity index (χ0v) is 24.3. The molecule has 0 amide bonds. The molecule has 1 atom stereocenters. The standard InChI is InChI=1S/C29H31Cl2N7O2/c1-17(25-22(30)11-35-12-23(25)31)40-20-5-6-24(33)21(8-20)26(34)19-7-18(9-32)27(36-10-19)37-13-28(2,14-37)38-15-29(3,16-38)39-4/h5-8,10-12,17,34H,13-16,33H2,1-4H3/t17-/m1/s1. The van der Waals surface area contributed by atoms with Crippen LogP contribution in [-0.2, 0) is 4.74 Å². The molecule has 2 aliphatic heterocycles. The zero-order chi connectivity index (χ0) is 28.8. The Kier molecular flexibility index (Phi) is 7.40. The molecule has 40 heavy (non-hydrogen) atoms. The third kappa shape index (κ3) is 5.08. The maximum atomic E-state index is 9.93. The van der Waals surface area contributed by atoms with Crippen molar-refractivity contribution in [1.29, 1.82) is 10.7 Å². The van der Waals surface area contributed by atoms with Crippen LogP contribution in [0.4, 0.5) is 11.5 Å². The summed E-state index contributed by atoms with van der Waals surface area (Å²) in [7, 11) is 1.75. The number of benzene rings is 1. The van der Waals surface area contributed by atoms with Gasteiger partial charge in [0.05, 0.1) is 32.5 Å². The van der Waals surface area contributed by atoms with E-state index in [2.05, 4.69) is 39.7 Å². The number of likely N-dealkylation sites (tertiary alicyclic amines) is 1. The summed E-state index contributed by atoms with van der Waals surface area (Å²) in [6.45, 7) is 9.47. The van der Waals surface area contributed by atoms with Crippen molar-refractivity contribution in [3.63, 3.8) is 0 Å². The topological polar surface area (TPSA) is 124 Å². The van der Waals surface area contributed by atoms with Crippen LogP contribution in [0.3, 0.4) is 0 Å². The predicted molar refractivity (Wildman–Crippen MR) is 157 cm³/mol. The second-order valence-corrected chi connectivity index (χ2v) is 11.8. The number of methoxy groups -OCH3 is 1.